The van der Waals surface area contributed by atoms with Crippen molar-refractivity contribution in [2.75, 3.05) is 27.2 Å². The fourth-order valence-electron chi connectivity index (χ4n) is 4.21. The molecular formula is C21H37N5S. The number of nitrogens with zero attached hydrogens (tertiary/aromatic N) is 3. The zero-order chi connectivity index (χ0) is 20.1. The third-order valence-corrected chi connectivity index (χ3v) is 5.29. The van der Waals surface area contributed by atoms with Crippen molar-refractivity contribution >= 4 is 17.3 Å². The van der Waals surface area contributed by atoms with Gasteiger partial charge in [0, 0.05) is 29.9 Å². The lowest BCUT2D eigenvalue weighted by atomic mass is 9.80. The van der Waals surface area contributed by atoms with Gasteiger partial charge in [0.2, 0.25) is 0 Å². The standard InChI is InChI=1S/C21H37N5S/c1-20(2)14-18(15-21(3,4)24-20)23-19(27)26(13-9-12-25(5)6)16-17-10-7-8-11-22-17/h7-8,10-11,18,24H,9,12-16H2,1-6H3,(H,23,27). The van der Waals surface area contributed by atoms with Crippen molar-refractivity contribution in [3.8, 4) is 0 Å². The van der Waals surface area contributed by atoms with E-state index in [-0.39, 0.29) is 11.1 Å². The maximum absolute atomic E-state index is 5.84. The summed E-state index contributed by atoms with van der Waals surface area (Å²) in [5, 5.41) is 8.25. The van der Waals surface area contributed by atoms with Crippen molar-refractivity contribution in [2.24, 2.45) is 0 Å². The zero-order valence-electron chi connectivity index (χ0n) is 17.9. The summed E-state index contributed by atoms with van der Waals surface area (Å²) in [5.41, 5.74) is 1.26. The first kappa shape index (κ1) is 22.1. The van der Waals surface area contributed by atoms with E-state index in [1.807, 2.05) is 18.3 Å². The van der Waals surface area contributed by atoms with Crippen LogP contribution in [0.3, 0.4) is 0 Å². The van der Waals surface area contributed by atoms with E-state index >= 15 is 0 Å². The number of hydrogen-bond acceptors (Lipinski definition) is 4. The van der Waals surface area contributed by atoms with Crippen molar-refractivity contribution in [3.63, 3.8) is 0 Å². The molecular weight excluding hydrogens is 354 g/mol. The van der Waals surface area contributed by atoms with Crippen LogP contribution >= 0.6 is 12.2 Å². The first-order valence-corrected chi connectivity index (χ1v) is 10.4. The van der Waals surface area contributed by atoms with Gasteiger partial charge in [0.15, 0.2) is 5.11 Å². The lowest BCUT2D eigenvalue weighted by Crippen LogP contribution is -2.62. The second kappa shape index (κ2) is 9.30. The number of nitrogens with one attached hydrogen (secondary N) is 2. The average Bonchev–Trinajstić information content (AvgIpc) is 2.51. The molecule has 0 radical (unpaired) electrons. The molecule has 1 aliphatic heterocycles. The molecule has 1 saturated heterocycles. The molecule has 152 valence electrons. The van der Waals surface area contributed by atoms with Gasteiger partial charge in [0.05, 0.1) is 12.2 Å². The van der Waals surface area contributed by atoms with E-state index in [9.17, 15) is 0 Å². The third-order valence-electron chi connectivity index (χ3n) is 4.92. The number of piperidine rings is 1. The lowest BCUT2D eigenvalue weighted by molar-refractivity contribution is 0.153. The van der Waals surface area contributed by atoms with E-state index in [1.165, 1.54) is 0 Å². The molecule has 0 atom stereocenters. The first-order valence-electron chi connectivity index (χ1n) is 9.96. The minimum Gasteiger partial charge on any atom is -0.360 e. The monoisotopic (exact) mass is 391 g/mol. The fraction of sp³-hybridized carbons (Fsp3) is 0.714. The molecule has 6 heteroatoms. The molecule has 5 nitrogen and oxygen atoms in total. The van der Waals surface area contributed by atoms with Gasteiger partial charge in [-0.3, -0.25) is 4.98 Å². The van der Waals surface area contributed by atoms with Gasteiger partial charge in [-0.1, -0.05) is 6.07 Å². The average molecular weight is 392 g/mol. The van der Waals surface area contributed by atoms with E-state index in [2.05, 4.69) is 73.3 Å². The van der Waals surface area contributed by atoms with Crippen LogP contribution in [-0.2, 0) is 6.54 Å². The Labute approximate surface area is 170 Å². The highest BCUT2D eigenvalue weighted by atomic mass is 32.1. The lowest BCUT2D eigenvalue weighted by Gasteiger charge is -2.47. The zero-order valence-corrected chi connectivity index (χ0v) is 18.7. The Morgan fingerprint density at radius 1 is 1.19 bits per heavy atom. The number of aromatic nitrogens is 1. The van der Waals surface area contributed by atoms with E-state index in [1.54, 1.807) is 0 Å². The number of hydrogen-bond donors (Lipinski definition) is 2. The van der Waals surface area contributed by atoms with Gasteiger partial charge < -0.3 is 20.4 Å². The summed E-state index contributed by atoms with van der Waals surface area (Å²) >= 11 is 5.84. The molecule has 2 rings (SSSR count). The highest BCUT2D eigenvalue weighted by Gasteiger charge is 2.38. The highest BCUT2D eigenvalue weighted by Crippen LogP contribution is 2.28. The Morgan fingerprint density at radius 2 is 1.85 bits per heavy atom. The Bertz CT molecular complexity index is 584. The second-order valence-corrected chi connectivity index (χ2v) is 9.73. The molecule has 0 spiro atoms. The van der Waals surface area contributed by atoms with E-state index in [0.717, 1.165) is 49.7 Å². The molecule has 27 heavy (non-hydrogen) atoms. The maximum Gasteiger partial charge on any atom is 0.169 e. The molecule has 0 amide bonds. The van der Waals surface area contributed by atoms with Gasteiger partial charge in [-0.25, -0.2) is 0 Å². The van der Waals surface area contributed by atoms with Crippen LogP contribution < -0.4 is 10.6 Å². The van der Waals surface area contributed by atoms with Crippen LogP contribution in [0.4, 0.5) is 0 Å². The van der Waals surface area contributed by atoms with Gasteiger partial charge in [0.1, 0.15) is 0 Å². The smallest absolute Gasteiger partial charge is 0.169 e. The van der Waals surface area contributed by atoms with Crippen molar-refractivity contribution < 1.29 is 0 Å². The normalized spacial score (nSPS) is 19.1. The Balaban J connectivity index is 2.03. The molecule has 0 saturated carbocycles. The second-order valence-electron chi connectivity index (χ2n) is 9.35. The van der Waals surface area contributed by atoms with Gasteiger partial charge in [-0.2, -0.15) is 0 Å². The number of pyridine rings is 1. The molecule has 0 aliphatic carbocycles. The molecule has 0 aromatic carbocycles. The first-order chi connectivity index (χ1) is 12.6. The molecule has 2 N–H and O–H groups in total. The number of rotatable bonds is 7. The minimum atomic E-state index is 0.103. The quantitative estimate of drug-likeness (QED) is 0.697. The van der Waals surface area contributed by atoms with Gasteiger partial charge in [0.25, 0.3) is 0 Å². The molecule has 1 fully saturated rings. The summed E-state index contributed by atoms with van der Waals surface area (Å²) in [4.78, 5) is 8.97. The van der Waals surface area contributed by atoms with E-state index in [4.69, 9.17) is 12.2 Å². The van der Waals surface area contributed by atoms with E-state index in [0.29, 0.717) is 6.04 Å². The Kier molecular flexibility index (Phi) is 7.60. The molecule has 2 heterocycles. The van der Waals surface area contributed by atoms with Crippen LogP contribution in [0.15, 0.2) is 24.4 Å². The number of thiocarbonyl (C=S) groups is 1. The minimum absolute atomic E-state index is 0.103. The predicted molar refractivity (Wildman–Crippen MR) is 118 cm³/mol. The molecule has 0 unspecified atom stereocenters. The summed E-state index contributed by atoms with van der Waals surface area (Å²) in [5.74, 6) is 0. The van der Waals surface area contributed by atoms with Crippen LogP contribution in [0.1, 0.15) is 52.7 Å². The Hall–Kier alpha value is -1.24. The summed E-state index contributed by atoms with van der Waals surface area (Å²) in [7, 11) is 4.22. The molecule has 0 bridgehead atoms. The molecule has 1 aromatic heterocycles. The fourth-order valence-corrected chi connectivity index (χ4v) is 4.53. The summed E-state index contributed by atoms with van der Waals surface area (Å²) in [6.07, 6.45) is 5.05. The topological polar surface area (TPSA) is 43.4 Å². The van der Waals surface area contributed by atoms with Crippen LogP contribution in [0.2, 0.25) is 0 Å². The van der Waals surface area contributed by atoms with Crippen LogP contribution in [0.5, 0.6) is 0 Å². The largest absolute Gasteiger partial charge is 0.360 e. The van der Waals surface area contributed by atoms with Gasteiger partial charge in [-0.05, 0) is 91.9 Å². The summed E-state index contributed by atoms with van der Waals surface area (Å²) in [6.45, 7) is 11.8. The maximum atomic E-state index is 5.84. The van der Waals surface area contributed by atoms with Crippen LogP contribution in [-0.4, -0.2) is 64.2 Å². The van der Waals surface area contributed by atoms with Crippen molar-refractivity contribution in [1.29, 1.82) is 0 Å². The molecule has 1 aromatic rings. The van der Waals surface area contributed by atoms with Crippen LogP contribution in [0.25, 0.3) is 0 Å². The molecule has 1 aliphatic rings. The summed E-state index contributed by atoms with van der Waals surface area (Å²) < 4.78 is 0. The van der Waals surface area contributed by atoms with Crippen molar-refractivity contribution in [3.05, 3.63) is 30.1 Å². The van der Waals surface area contributed by atoms with Crippen LogP contribution in [0, 0.1) is 0 Å². The SMILES string of the molecule is CN(C)CCCN(Cc1ccccn1)C(=S)NC1CC(C)(C)NC(C)(C)C1. The van der Waals surface area contributed by atoms with E-state index < -0.39 is 0 Å². The van der Waals surface area contributed by atoms with Crippen molar-refractivity contribution in [2.45, 2.75) is 70.6 Å². The highest BCUT2D eigenvalue weighted by molar-refractivity contribution is 7.80. The predicted octanol–water partition coefficient (Wildman–Crippen LogP) is 3.02. The van der Waals surface area contributed by atoms with Gasteiger partial charge >= 0.3 is 0 Å². The third kappa shape index (κ3) is 7.72. The van der Waals surface area contributed by atoms with Crippen molar-refractivity contribution in [1.82, 2.24) is 25.4 Å². The summed E-state index contributed by atoms with van der Waals surface area (Å²) in [6, 6.07) is 6.44. The Morgan fingerprint density at radius 3 is 2.41 bits per heavy atom. The van der Waals surface area contributed by atoms with Gasteiger partial charge in [-0.15, -0.1) is 0 Å².